The highest BCUT2D eigenvalue weighted by atomic mass is 32.2. The number of rotatable bonds is 12. The number of carboxylic acids is 2. The van der Waals surface area contributed by atoms with E-state index < -0.39 is 36.0 Å². The van der Waals surface area contributed by atoms with Crippen LogP contribution in [0.2, 0.25) is 0 Å². The molecule has 0 aliphatic carbocycles. The highest BCUT2D eigenvalue weighted by molar-refractivity contribution is 7.98. The molecule has 0 spiro atoms. The maximum Gasteiger partial charge on any atom is 0.408 e. The fourth-order valence-corrected chi connectivity index (χ4v) is 2.68. The summed E-state index contributed by atoms with van der Waals surface area (Å²) in [5, 5.41) is 22.7. The molecule has 154 valence electrons. The van der Waals surface area contributed by atoms with Gasteiger partial charge in [0.2, 0.25) is 5.91 Å². The zero-order chi connectivity index (χ0) is 20.9. The summed E-state index contributed by atoms with van der Waals surface area (Å²) >= 11 is 1.43. The van der Waals surface area contributed by atoms with Crippen LogP contribution in [-0.2, 0) is 25.7 Å². The highest BCUT2D eigenvalue weighted by Crippen LogP contribution is 2.05. The van der Waals surface area contributed by atoms with Gasteiger partial charge in [-0.25, -0.2) is 9.59 Å². The number of hydrogen-bond acceptors (Lipinski definition) is 6. The van der Waals surface area contributed by atoms with Gasteiger partial charge >= 0.3 is 18.0 Å². The van der Waals surface area contributed by atoms with E-state index in [0.717, 1.165) is 5.56 Å². The predicted octanol–water partition coefficient (Wildman–Crippen LogP) is 1.47. The monoisotopic (exact) mass is 412 g/mol. The Morgan fingerprint density at radius 3 is 2.29 bits per heavy atom. The second kappa shape index (κ2) is 12.6. The van der Waals surface area contributed by atoms with Crippen molar-refractivity contribution in [3.05, 3.63) is 35.9 Å². The normalized spacial score (nSPS) is 12.5. The first-order chi connectivity index (χ1) is 13.3. The van der Waals surface area contributed by atoms with Crippen LogP contribution < -0.4 is 10.6 Å². The number of carbonyl (C=O) groups is 4. The van der Waals surface area contributed by atoms with Crippen LogP contribution in [0.3, 0.4) is 0 Å². The maximum absolute atomic E-state index is 12.4. The van der Waals surface area contributed by atoms with Crippen molar-refractivity contribution in [1.82, 2.24) is 10.6 Å². The van der Waals surface area contributed by atoms with E-state index in [1.807, 2.05) is 6.07 Å². The summed E-state index contributed by atoms with van der Waals surface area (Å²) in [6.07, 6.45) is 0.536. The van der Waals surface area contributed by atoms with Crippen LogP contribution in [0.15, 0.2) is 30.3 Å². The fourth-order valence-electron chi connectivity index (χ4n) is 2.21. The molecular weight excluding hydrogens is 388 g/mol. The molecule has 0 radical (unpaired) electrons. The number of ether oxygens (including phenoxy) is 1. The van der Waals surface area contributed by atoms with Gasteiger partial charge in [0.15, 0.2) is 0 Å². The van der Waals surface area contributed by atoms with E-state index in [1.165, 1.54) is 11.8 Å². The number of nitrogens with one attached hydrogen (secondary N) is 2. The average molecular weight is 412 g/mol. The van der Waals surface area contributed by atoms with Crippen molar-refractivity contribution >= 4 is 35.7 Å². The van der Waals surface area contributed by atoms with Crippen LogP contribution in [0, 0.1) is 0 Å². The van der Waals surface area contributed by atoms with E-state index in [1.54, 1.807) is 30.5 Å². The number of amides is 2. The molecule has 1 aromatic rings. The number of hydrogen-bond donors (Lipinski definition) is 4. The van der Waals surface area contributed by atoms with Crippen molar-refractivity contribution in [3.63, 3.8) is 0 Å². The van der Waals surface area contributed by atoms with Gasteiger partial charge in [-0.05, 0) is 30.4 Å². The first kappa shape index (κ1) is 23.3. The van der Waals surface area contributed by atoms with Gasteiger partial charge in [-0.3, -0.25) is 9.59 Å². The largest absolute Gasteiger partial charge is 0.481 e. The summed E-state index contributed by atoms with van der Waals surface area (Å²) in [4.78, 5) is 46.5. The van der Waals surface area contributed by atoms with Gasteiger partial charge in [0.05, 0.1) is 0 Å². The molecule has 0 aliphatic heterocycles. The molecule has 0 unspecified atom stereocenters. The van der Waals surface area contributed by atoms with Crippen LogP contribution in [0.4, 0.5) is 4.79 Å². The molecule has 28 heavy (non-hydrogen) atoms. The Hall–Kier alpha value is -2.75. The van der Waals surface area contributed by atoms with E-state index in [9.17, 15) is 24.3 Å². The summed E-state index contributed by atoms with van der Waals surface area (Å²) in [5.74, 6) is -2.60. The number of aliphatic carboxylic acids is 2. The average Bonchev–Trinajstić information content (AvgIpc) is 2.66. The first-order valence-corrected chi connectivity index (χ1v) is 9.94. The lowest BCUT2D eigenvalue weighted by molar-refractivity contribution is -0.142. The van der Waals surface area contributed by atoms with Crippen molar-refractivity contribution in [2.45, 2.75) is 38.0 Å². The van der Waals surface area contributed by atoms with Crippen LogP contribution in [-0.4, -0.2) is 58.2 Å². The van der Waals surface area contributed by atoms with Gasteiger partial charge in [-0.2, -0.15) is 11.8 Å². The third-order valence-corrected chi connectivity index (χ3v) is 4.34. The van der Waals surface area contributed by atoms with Crippen LogP contribution in [0.1, 0.15) is 24.8 Å². The quantitative estimate of drug-likeness (QED) is 0.404. The molecule has 0 fully saturated rings. The number of alkyl carbamates (subject to hydrolysis) is 1. The van der Waals surface area contributed by atoms with Gasteiger partial charge in [0, 0.05) is 6.42 Å². The molecule has 1 aromatic carbocycles. The fraction of sp³-hybridized carbons (Fsp3) is 0.444. The van der Waals surface area contributed by atoms with Crippen LogP contribution >= 0.6 is 11.8 Å². The lowest BCUT2D eigenvalue weighted by atomic mass is 10.1. The molecule has 1 rings (SSSR count). The molecule has 2 amide bonds. The smallest absolute Gasteiger partial charge is 0.408 e. The number of benzene rings is 1. The Balaban J connectivity index is 2.68. The molecule has 0 saturated carbocycles. The Bertz CT molecular complexity index is 669. The summed E-state index contributed by atoms with van der Waals surface area (Å²) in [7, 11) is 0. The minimum absolute atomic E-state index is 0.0224. The molecule has 4 N–H and O–H groups in total. The number of carboxylic acid groups (broad SMARTS) is 2. The summed E-state index contributed by atoms with van der Waals surface area (Å²) in [6, 6.07) is 6.52. The van der Waals surface area contributed by atoms with Gasteiger partial charge < -0.3 is 25.6 Å². The van der Waals surface area contributed by atoms with E-state index >= 15 is 0 Å². The molecular formula is C18H24N2O7S. The van der Waals surface area contributed by atoms with E-state index in [2.05, 4.69) is 10.6 Å². The summed E-state index contributed by atoms with van der Waals surface area (Å²) < 4.78 is 5.04. The van der Waals surface area contributed by atoms with Gasteiger partial charge in [-0.15, -0.1) is 0 Å². The molecule has 10 heteroatoms. The van der Waals surface area contributed by atoms with Crippen LogP contribution in [0.25, 0.3) is 0 Å². The third kappa shape index (κ3) is 9.26. The van der Waals surface area contributed by atoms with Gasteiger partial charge in [0.25, 0.3) is 0 Å². The number of carbonyl (C=O) groups excluding carboxylic acids is 2. The van der Waals surface area contributed by atoms with Gasteiger partial charge in [-0.1, -0.05) is 30.3 Å². The Labute approximate surface area is 166 Å². The minimum atomic E-state index is -1.23. The topological polar surface area (TPSA) is 142 Å². The van der Waals surface area contributed by atoms with Gasteiger partial charge in [0.1, 0.15) is 18.7 Å². The van der Waals surface area contributed by atoms with E-state index in [0.29, 0.717) is 5.75 Å². The molecule has 0 bridgehead atoms. The minimum Gasteiger partial charge on any atom is -0.481 e. The second-order valence-electron chi connectivity index (χ2n) is 5.87. The molecule has 2 atom stereocenters. The summed E-state index contributed by atoms with van der Waals surface area (Å²) in [6.45, 7) is -0.0224. The Morgan fingerprint density at radius 2 is 1.71 bits per heavy atom. The van der Waals surface area contributed by atoms with Crippen LogP contribution in [0.5, 0.6) is 0 Å². The molecule has 0 aliphatic rings. The van der Waals surface area contributed by atoms with Crippen molar-refractivity contribution in [1.29, 1.82) is 0 Å². The predicted molar refractivity (Wildman–Crippen MR) is 103 cm³/mol. The first-order valence-electron chi connectivity index (χ1n) is 8.54. The third-order valence-electron chi connectivity index (χ3n) is 3.69. The highest BCUT2D eigenvalue weighted by Gasteiger charge is 2.27. The van der Waals surface area contributed by atoms with Crippen molar-refractivity contribution in [2.75, 3.05) is 12.0 Å². The summed E-state index contributed by atoms with van der Waals surface area (Å²) in [5.41, 5.74) is 0.743. The second-order valence-corrected chi connectivity index (χ2v) is 6.86. The van der Waals surface area contributed by atoms with Crippen molar-refractivity contribution in [3.8, 4) is 0 Å². The Morgan fingerprint density at radius 1 is 1.04 bits per heavy atom. The lowest BCUT2D eigenvalue weighted by Gasteiger charge is -2.21. The zero-order valence-electron chi connectivity index (χ0n) is 15.4. The molecule has 0 heterocycles. The SMILES string of the molecule is CSCC[C@H](NC(=O)[C@H](CCC(=O)O)NC(=O)OCc1ccccc1)C(=O)O. The molecule has 0 aromatic heterocycles. The molecule has 9 nitrogen and oxygen atoms in total. The van der Waals surface area contributed by atoms with E-state index in [4.69, 9.17) is 9.84 Å². The lowest BCUT2D eigenvalue weighted by Crippen LogP contribution is -2.52. The Kier molecular flexibility index (Phi) is 10.5. The number of thioether (sulfide) groups is 1. The molecule has 0 saturated heterocycles. The maximum atomic E-state index is 12.4. The van der Waals surface area contributed by atoms with E-state index in [-0.39, 0.29) is 25.9 Å². The van der Waals surface area contributed by atoms with Crippen molar-refractivity contribution < 1.29 is 34.1 Å². The van der Waals surface area contributed by atoms with Crippen molar-refractivity contribution in [2.24, 2.45) is 0 Å². The zero-order valence-corrected chi connectivity index (χ0v) is 16.2. The standard InChI is InChI=1S/C18H24N2O7S/c1-28-10-9-14(17(24)25)19-16(23)13(7-8-15(21)22)20-18(26)27-11-12-5-3-2-4-6-12/h2-6,13-14H,7-11H2,1H3,(H,19,23)(H,20,26)(H,21,22)(H,24,25)/t13-,14-/m0/s1.